The lowest BCUT2D eigenvalue weighted by molar-refractivity contribution is 1.51. The molecule has 0 amide bonds. The Morgan fingerprint density at radius 1 is 1.27 bits per heavy atom. The summed E-state index contributed by atoms with van der Waals surface area (Å²) in [7, 11) is 0. The fourth-order valence-corrected chi connectivity index (χ4v) is 0.817. The molecule has 1 rings (SSSR count). The molecule has 1 aromatic carbocycles. The zero-order valence-corrected chi connectivity index (χ0v) is 6.12. The summed E-state index contributed by atoms with van der Waals surface area (Å²) in [4.78, 5) is 0. The molecule has 3 N–H and O–H groups in total. The maximum atomic E-state index is 6.80. The average molecular weight is 146 g/mol. The third kappa shape index (κ3) is 1.93. The Morgan fingerprint density at radius 3 is 2.45 bits per heavy atom. The van der Waals surface area contributed by atoms with Crippen LogP contribution in [0.2, 0.25) is 0 Å². The first-order chi connectivity index (χ1) is 5.34. The first kappa shape index (κ1) is 7.54. The van der Waals surface area contributed by atoms with Gasteiger partial charge < -0.3 is 11.1 Å². The van der Waals surface area contributed by atoms with Gasteiger partial charge in [-0.15, -0.1) is 0 Å². The van der Waals surface area contributed by atoms with Gasteiger partial charge in [-0.3, -0.25) is 0 Å². The lowest BCUT2D eigenvalue weighted by Crippen LogP contribution is -1.95. The van der Waals surface area contributed by atoms with E-state index in [4.69, 9.17) is 11.1 Å². The van der Waals surface area contributed by atoms with Crippen LogP contribution in [0.25, 0.3) is 5.70 Å². The Morgan fingerprint density at radius 2 is 1.91 bits per heavy atom. The summed E-state index contributed by atoms with van der Waals surface area (Å²) in [5, 5.41) is 6.80. The molecule has 0 atom stereocenters. The predicted molar refractivity (Wildman–Crippen MR) is 47.4 cm³/mol. The molecule has 0 radical (unpaired) electrons. The molecule has 0 aliphatic carbocycles. The number of nitrogens with one attached hydrogen (secondary N) is 1. The first-order valence-electron chi connectivity index (χ1n) is 3.36. The van der Waals surface area contributed by atoms with Gasteiger partial charge in [0, 0.05) is 11.9 Å². The number of rotatable bonds is 2. The maximum Gasteiger partial charge on any atom is 0.0402 e. The Kier molecular flexibility index (Phi) is 2.44. The highest BCUT2D eigenvalue weighted by atomic mass is 14.6. The third-order valence-corrected chi connectivity index (χ3v) is 1.37. The van der Waals surface area contributed by atoms with Gasteiger partial charge >= 0.3 is 0 Å². The van der Waals surface area contributed by atoms with Crippen molar-refractivity contribution in [3.8, 4) is 0 Å². The molecular weight excluding hydrogens is 136 g/mol. The molecule has 0 saturated carbocycles. The second-order valence-corrected chi connectivity index (χ2v) is 2.15. The van der Waals surface area contributed by atoms with Crippen molar-refractivity contribution in [1.82, 2.24) is 0 Å². The monoisotopic (exact) mass is 146 g/mol. The van der Waals surface area contributed by atoms with Gasteiger partial charge in [-0.25, -0.2) is 0 Å². The first-order valence-corrected chi connectivity index (χ1v) is 3.36. The zero-order valence-electron chi connectivity index (χ0n) is 6.12. The molecule has 2 nitrogen and oxygen atoms in total. The summed E-state index contributed by atoms with van der Waals surface area (Å²) >= 11 is 0. The van der Waals surface area contributed by atoms with Gasteiger partial charge in [0.05, 0.1) is 0 Å². The molecule has 0 bridgehead atoms. The molecule has 0 saturated heterocycles. The highest BCUT2D eigenvalue weighted by Gasteiger charge is 1.90. The quantitative estimate of drug-likeness (QED) is 0.612. The van der Waals surface area contributed by atoms with E-state index < -0.39 is 0 Å². The molecule has 56 valence electrons. The minimum atomic E-state index is 0.626. The van der Waals surface area contributed by atoms with Crippen LogP contribution >= 0.6 is 0 Å². The van der Waals surface area contributed by atoms with Crippen molar-refractivity contribution in [3.05, 3.63) is 42.0 Å². The van der Waals surface area contributed by atoms with E-state index >= 15 is 0 Å². The van der Waals surface area contributed by atoms with E-state index in [1.165, 1.54) is 6.21 Å². The second kappa shape index (κ2) is 3.56. The Hall–Kier alpha value is -1.57. The number of hydrogen-bond acceptors (Lipinski definition) is 2. The summed E-state index contributed by atoms with van der Waals surface area (Å²) in [5.41, 5.74) is 7.20. The number of nitrogens with two attached hydrogens (primary N) is 1. The summed E-state index contributed by atoms with van der Waals surface area (Å²) < 4.78 is 0. The van der Waals surface area contributed by atoms with E-state index in [2.05, 4.69) is 0 Å². The Labute approximate surface area is 65.9 Å². The standard InChI is InChI=1S/C9H10N2/c10-7-6-9(11)8-4-2-1-3-5-8/h1-7,10H,11H2. The van der Waals surface area contributed by atoms with E-state index in [1.54, 1.807) is 6.08 Å². The van der Waals surface area contributed by atoms with Crippen molar-refractivity contribution in [2.45, 2.75) is 0 Å². The topological polar surface area (TPSA) is 49.9 Å². The fourth-order valence-electron chi connectivity index (χ4n) is 0.817. The van der Waals surface area contributed by atoms with Crippen molar-refractivity contribution in [3.63, 3.8) is 0 Å². The largest absolute Gasteiger partial charge is 0.398 e. The van der Waals surface area contributed by atoms with Gasteiger partial charge in [-0.05, 0) is 11.6 Å². The van der Waals surface area contributed by atoms with Crippen LogP contribution in [0.5, 0.6) is 0 Å². The molecule has 11 heavy (non-hydrogen) atoms. The predicted octanol–water partition coefficient (Wildman–Crippen LogP) is 1.64. The van der Waals surface area contributed by atoms with Crippen LogP contribution in [-0.4, -0.2) is 6.21 Å². The molecule has 0 aliphatic rings. The maximum absolute atomic E-state index is 6.80. The van der Waals surface area contributed by atoms with E-state index in [9.17, 15) is 0 Å². The SMILES string of the molecule is N=CC=C(N)c1ccccc1. The van der Waals surface area contributed by atoms with Crippen LogP contribution < -0.4 is 5.73 Å². The van der Waals surface area contributed by atoms with E-state index in [0.717, 1.165) is 5.56 Å². The molecule has 0 fully saturated rings. The van der Waals surface area contributed by atoms with Gasteiger partial charge in [0.25, 0.3) is 0 Å². The Balaban J connectivity index is 2.94. The third-order valence-electron chi connectivity index (χ3n) is 1.37. The summed E-state index contributed by atoms with van der Waals surface area (Å²) in [6.45, 7) is 0. The summed E-state index contributed by atoms with van der Waals surface area (Å²) in [6, 6.07) is 9.59. The molecule has 1 aromatic rings. The summed E-state index contributed by atoms with van der Waals surface area (Å²) in [6.07, 6.45) is 2.75. The van der Waals surface area contributed by atoms with Gasteiger partial charge in [-0.2, -0.15) is 0 Å². The molecular formula is C9H10N2. The van der Waals surface area contributed by atoms with Crippen LogP contribution in [-0.2, 0) is 0 Å². The van der Waals surface area contributed by atoms with Gasteiger partial charge in [0.2, 0.25) is 0 Å². The van der Waals surface area contributed by atoms with Crippen LogP contribution in [0.15, 0.2) is 36.4 Å². The smallest absolute Gasteiger partial charge is 0.0402 e. The normalized spacial score (nSPS) is 11.1. The lowest BCUT2D eigenvalue weighted by atomic mass is 10.1. The number of benzene rings is 1. The van der Waals surface area contributed by atoms with Gasteiger partial charge in [0.1, 0.15) is 0 Å². The average Bonchev–Trinajstić information content (AvgIpc) is 2.07. The van der Waals surface area contributed by atoms with Crippen LogP contribution in [0.3, 0.4) is 0 Å². The van der Waals surface area contributed by atoms with Crippen LogP contribution in [0.1, 0.15) is 5.56 Å². The minimum absolute atomic E-state index is 0.626. The van der Waals surface area contributed by atoms with Gasteiger partial charge in [0.15, 0.2) is 0 Å². The summed E-state index contributed by atoms with van der Waals surface area (Å²) in [5.74, 6) is 0. The zero-order chi connectivity index (χ0) is 8.10. The lowest BCUT2D eigenvalue weighted by Gasteiger charge is -1.97. The van der Waals surface area contributed by atoms with Crippen LogP contribution in [0.4, 0.5) is 0 Å². The molecule has 0 spiro atoms. The van der Waals surface area contributed by atoms with Gasteiger partial charge in [-0.1, -0.05) is 30.3 Å². The minimum Gasteiger partial charge on any atom is -0.398 e. The molecule has 0 heterocycles. The Bertz CT molecular complexity index is 262. The van der Waals surface area contributed by atoms with Crippen molar-refractivity contribution in [1.29, 1.82) is 5.41 Å². The van der Waals surface area contributed by atoms with Crippen molar-refractivity contribution in [2.75, 3.05) is 0 Å². The second-order valence-electron chi connectivity index (χ2n) is 2.15. The van der Waals surface area contributed by atoms with Crippen molar-refractivity contribution < 1.29 is 0 Å². The van der Waals surface area contributed by atoms with E-state index in [1.807, 2.05) is 30.3 Å². The molecule has 2 heteroatoms. The highest BCUT2D eigenvalue weighted by molar-refractivity contribution is 5.81. The molecule has 0 aliphatic heterocycles. The van der Waals surface area contributed by atoms with Crippen LogP contribution in [0, 0.1) is 5.41 Å². The van der Waals surface area contributed by atoms with E-state index in [0.29, 0.717) is 5.70 Å². The van der Waals surface area contributed by atoms with Crippen molar-refractivity contribution >= 4 is 11.9 Å². The fraction of sp³-hybridized carbons (Fsp3) is 0. The number of hydrogen-bond donors (Lipinski definition) is 2. The number of allylic oxidation sites excluding steroid dienone is 1. The van der Waals surface area contributed by atoms with E-state index in [-0.39, 0.29) is 0 Å². The highest BCUT2D eigenvalue weighted by Crippen LogP contribution is 2.05. The van der Waals surface area contributed by atoms with Crippen molar-refractivity contribution in [2.24, 2.45) is 5.73 Å². The molecule has 0 aromatic heterocycles. The molecule has 0 unspecified atom stereocenters.